The second-order valence-electron chi connectivity index (χ2n) is 19.8. The van der Waals surface area contributed by atoms with E-state index in [9.17, 15) is 24.0 Å². The lowest BCUT2D eigenvalue weighted by molar-refractivity contribution is -0.147. The molecular weight excluding hydrogens is 924 g/mol. The molecule has 16 nitrogen and oxygen atoms in total. The van der Waals surface area contributed by atoms with Gasteiger partial charge in [0, 0.05) is 100 Å². The summed E-state index contributed by atoms with van der Waals surface area (Å²) in [6.45, 7) is 2.07. The zero-order valence-corrected chi connectivity index (χ0v) is 39.0. The average molecular weight is 976 g/mol. The van der Waals surface area contributed by atoms with Crippen LogP contribution in [0, 0.1) is 17.2 Å². The summed E-state index contributed by atoms with van der Waals surface area (Å²) in [5.41, 5.74) is 5.22. The van der Waals surface area contributed by atoms with E-state index in [1.165, 1.54) is 32.1 Å². The Kier molecular flexibility index (Phi) is 10.4. The Morgan fingerprint density at radius 1 is 0.971 bits per heavy atom. The highest BCUT2D eigenvalue weighted by molar-refractivity contribution is 7.13. The van der Waals surface area contributed by atoms with Crippen LogP contribution in [0.4, 0.5) is 34.6 Å². The van der Waals surface area contributed by atoms with Crippen LogP contribution in [0.3, 0.4) is 0 Å². The summed E-state index contributed by atoms with van der Waals surface area (Å²) in [6.07, 6.45) is 7.07. The molecule has 6 amide bonds. The third kappa shape index (κ3) is 7.48. The minimum Gasteiger partial charge on any atom is -0.370 e. The number of rotatable bonds is 10. The number of likely N-dealkylation sites (tertiary alicyclic amines) is 1. The van der Waals surface area contributed by atoms with Gasteiger partial charge in [-0.25, -0.2) is 27.9 Å². The number of alkyl halides is 2. The molecule has 3 aromatic carbocycles. The first kappa shape index (κ1) is 44.1. The monoisotopic (exact) mass is 975 g/mol. The molecule has 4 fully saturated rings. The molecule has 1 aliphatic carbocycles. The van der Waals surface area contributed by atoms with Gasteiger partial charge in [-0.15, -0.1) is 11.3 Å². The number of aromatic nitrogens is 5. The number of halogens is 3. The topological polar surface area (TPSA) is 171 Å². The van der Waals surface area contributed by atoms with Crippen molar-refractivity contribution in [2.24, 2.45) is 18.4 Å². The Balaban J connectivity index is 0.00000298. The molecule has 5 aliphatic heterocycles. The fourth-order valence-corrected chi connectivity index (χ4v) is 12.5. The summed E-state index contributed by atoms with van der Waals surface area (Å²) in [6, 6.07) is 14.3. The Labute approximate surface area is 406 Å². The first-order valence-corrected chi connectivity index (χ1v) is 24.6. The van der Waals surface area contributed by atoms with E-state index in [1.807, 2.05) is 28.8 Å². The smallest absolute Gasteiger partial charge is 0.329 e. The molecular formula is C50H52F3N11O5S. The fourth-order valence-electron chi connectivity index (χ4n) is 11.9. The number of fused-ring (bicyclic) bond motifs is 3. The van der Waals surface area contributed by atoms with Crippen LogP contribution in [-0.2, 0) is 40.9 Å². The third-order valence-electron chi connectivity index (χ3n) is 15.3. The molecule has 3 saturated heterocycles. The van der Waals surface area contributed by atoms with Gasteiger partial charge in [-0.3, -0.25) is 39.4 Å². The number of thiazole rings is 1. The van der Waals surface area contributed by atoms with E-state index in [0.29, 0.717) is 38.7 Å². The lowest BCUT2D eigenvalue weighted by Gasteiger charge is -2.60. The van der Waals surface area contributed by atoms with Crippen molar-refractivity contribution < 1.29 is 40.0 Å². The van der Waals surface area contributed by atoms with Crippen molar-refractivity contribution in [3.8, 4) is 11.1 Å². The molecule has 6 aromatic rings. The molecule has 6 aliphatic rings. The molecule has 2 unspecified atom stereocenters. The highest BCUT2D eigenvalue weighted by atomic mass is 32.1. The van der Waals surface area contributed by atoms with Gasteiger partial charge in [0.25, 0.3) is 17.7 Å². The molecule has 12 rings (SSSR count). The number of nitrogens with one attached hydrogen (secondary N) is 2. The average Bonchev–Trinajstić information content (AvgIpc) is 4.17. The maximum atomic E-state index is 16.0. The van der Waals surface area contributed by atoms with Gasteiger partial charge in [0.1, 0.15) is 5.82 Å². The third-order valence-corrected chi connectivity index (χ3v) is 16.0. The van der Waals surface area contributed by atoms with Crippen LogP contribution in [-0.4, -0.2) is 102 Å². The van der Waals surface area contributed by atoms with E-state index in [4.69, 9.17) is 0 Å². The van der Waals surface area contributed by atoms with Crippen LogP contribution in [0.5, 0.6) is 0 Å². The molecule has 2 N–H and O–H groups in total. The van der Waals surface area contributed by atoms with Crippen molar-refractivity contribution in [1.82, 2.24) is 39.4 Å². The summed E-state index contributed by atoms with van der Waals surface area (Å²) in [4.78, 5) is 80.8. The van der Waals surface area contributed by atoms with Crippen molar-refractivity contribution in [2.75, 3.05) is 47.8 Å². The number of anilines is 3. The van der Waals surface area contributed by atoms with Gasteiger partial charge >= 0.3 is 6.03 Å². The van der Waals surface area contributed by atoms with Crippen molar-refractivity contribution >= 4 is 68.5 Å². The normalized spacial score (nSPS) is 20.9. The minimum atomic E-state index is -3.15. The van der Waals surface area contributed by atoms with Gasteiger partial charge < -0.3 is 19.3 Å². The molecule has 0 bridgehead atoms. The fraction of sp³-hybridized carbons (Fsp3) is 0.400. The van der Waals surface area contributed by atoms with Gasteiger partial charge in [-0.1, -0.05) is 18.2 Å². The number of benzene rings is 3. The summed E-state index contributed by atoms with van der Waals surface area (Å²) in [7, 11) is 1.69. The molecule has 8 heterocycles. The number of carbonyl (C=O) groups is 5. The molecule has 0 radical (unpaired) electrons. The van der Waals surface area contributed by atoms with E-state index >= 15 is 13.2 Å². The van der Waals surface area contributed by atoms with Crippen LogP contribution in [0.25, 0.3) is 22.0 Å². The van der Waals surface area contributed by atoms with Crippen molar-refractivity contribution in [3.05, 3.63) is 106 Å². The first-order chi connectivity index (χ1) is 33.7. The number of imide groups is 1. The number of nitrogens with zero attached hydrogens (tertiary/aromatic N) is 9. The molecule has 20 heteroatoms. The van der Waals surface area contributed by atoms with Gasteiger partial charge in [0.15, 0.2) is 17.0 Å². The van der Waals surface area contributed by atoms with Crippen LogP contribution in [0.15, 0.2) is 72.5 Å². The predicted molar refractivity (Wildman–Crippen MR) is 257 cm³/mol. The number of imidazole rings is 1. The maximum absolute atomic E-state index is 16.0. The highest BCUT2D eigenvalue weighted by Gasteiger charge is 2.54. The van der Waals surface area contributed by atoms with E-state index in [0.717, 1.165) is 62.3 Å². The Hall–Kier alpha value is -7.09. The molecule has 1 spiro atoms. The predicted octanol–water partition coefficient (Wildman–Crippen LogP) is 7.51. The Morgan fingerprint density at radius 2 is 1.79 bits per heavy atom. The van der Waals surface area contributed by atoms with E-state index in [-0.39, 0.29) is 76.0 Å². The zero-order chi connectivity index (χ0) is 48.2. The zero-order valence-electron chi connectivity index (χ0n) is 38.2. The number of carbonyl (C=O) groups excluding carboxylic acids is 5. The largest absolute Gasteiger partial charge is 0.370 e. The first-order valence-electron chi connectivity index (χ1n) is 23.7. The number of piperidine rings is 1. The number of hydrogen-bond acceptors (Lipinski definition) is 10. The van der Waals surface area contributed by atoms with Gasteiger partial charge in [-0.05, 0) is 91.1 Å². The SMILES string of the molecule is Cn1nc(N2CCC(=O)NC2=O)c2ccc(C3CCN(C(=O)CC4CC5(C4)CN(c4ccc(-c6cc(F)c7c(c6)C(=O)N(C(C(=O)Nc6nccs6)c6ncn8c6CCC8)C7)cc4)C5)CC3(F)F)cc21.[HH].[HH]. The number of amides is 6. The van der Waals surface area contributed by atoms with Crippen LogP contribution in [0.2, 0.25) is 0 Å². The second-order valence-corrected chi connectivity index (χ2v) is 20.7. The second kappa shape index (κ2) is 16.5. The van der Waals surface area contributed by atoms with Crippen LogP contribution < -0.4 is 20.4 Å². The minimum absolute atomic E-state index is 0. The maximum Gasteiger partial charge on any atom is 0.329 e. The quantitative estimate of drug-likeness (QED) is 0.141. The van der Waals surface area contributed by atoms with E-state index in [2.05, 4.69) is 30.6 Å². The van der Waals surface area contributed by atoms with Gasteiger partial charge in [0.2, 0.25) is 11.8 Å². The molecule has 1 saturated carbocycles. The van der Waals surface area contributed by atoms with Crippen molar-refractivity contribution in [2.45, 2.75) is 75.9 Å². The lowest BCUT2D eigenvalue weighted by atomic mass is 9.57. The van der Waals surface area contributed by atoms with Crippen molar-refractivity contribution in [1.29, 1.82) is 0 Å². The van der Waals surface area contributed by atoms with Crippen molar-refractivity contribution in [3.63, 3.8) is 0 Å². The lowest BCUT2D eigenvalue weighted by Crippen LogP contribution is -2.63. The summed E-state index contributed by atoms with van der Waals surface area (Å²) >= 11 is 1.26. The number of hydrogen-bond donors (Lipinski definition) is 2. The molecule has 364 valence electrons. The van der Waals surface area contributed by atoms with E-state index in [1.54, 1.807) is 53.9 Å². The number of aryl methyl sites for hydroxylation is 2. The summed E-state index contributed by atoms with van der Waals surface area (Å²) in [5, 5.41) is 12.4. The standard InChI is InChI=1S/C50H48F3N11O5S.2H2/c1-59-39-20-30(6-9-33(39)44(58-59)63-15-11-40(65)56-48(63)69)36-10-14-60(26-50(36,52)53)41(66)17-28-21-49(22-28)24-62(25-49)32-7-4-29(5-8-32)31-18-34-35(37(51)19-31)23-64(46(34)68)43(45(67)57-47-54-12-16-70-47)42-38-3-2-13-61(38)27-55-42;;/h4-9,12,16,18-20,27-28,36,43H,2-3,10-11,13-15,17,21-26H2,1H3,(H,54,57,67)(H,56,65,69);2*1H. The highest BCUT2D eigenvalue weighted by Crippen LogP contribution is 2.54. The Bertz CT molecular complexity index is 3150. The summed E-state index contributed by atoms with van der Waals surface area (Å²) in [5.74, 6) is -5.79. The molecule has 2 atom stereocenters. The summed E-state index contributed by atoms with van der Waals surface area (Å²) < 4.78 is 51.3. The molecule has 70 heavy (non-hydrogen) atoms. The van der Waals surface area contributed by atoms with Crippen LogP contribution in [0.1, 0.15) is 86.2 Å². The van der Waals surface area contributed by atoms with Gasteiger partial charge in [-0.2, -0.15) is 5.10 Å². The number of urea groups is 1. The Morgan fingerprint density at radius 3 is 2.54 bits per heavy atom. The van der Waals surface area contributed by atoms with E-state index < -0.39 is 48.1 Å². The molecule has 3 aromatic heterocycles. The van der Waals surface area contributed by atoms with Crippen LogP contribution >= 0.6 is 11.3 Å². The van der Waals surface area contributed by atoms with Gasteiger partial charge in [0.05, 0.1) is 36.5 Å².